The standard InChI is InChI=1S/C8H10N4O/c1-8(2,13)7-11-5-3-9-4-10-6(5)12-7/h3-4,13H,1-2H3,(H,9,10,11,12). The SMILES string of the molecule is CC(C)(O)c1nc2ncncc2[nH]1. The van der Waals surface area contributed by atoms with Crippen LogP contribution in [0.3, 0.4) is 0 Å². The minimum absolute atomic E-state index is 0.503. The summed E-state index contributed by atoms with van der Waals surface area (Å²) in [6.45, 7) is 3.33. The number of aromatic amines is 1. The minimum atomic E-state index is -0.972. The van der Waals surface area contributed by atoms with Crippen LogP contribution in [0.4, 0.5) is 0 Å². The molecule has 0 saturated carbocycles. The first-order valence-corrected chi connectivity index (χ1v) is 3.96. The van der Waals surface area contributed by atoms with Gasteiger partial charge >= 0.3 is 0 Å². The van der Waals surface area contributed by atoms with Crippen molar-refractivity contribution in [2.75, 3.05) is 0 Å². The second-order valence-electron chi connectivity index (χ2n) is 3.40. The Morgan fingerprint density at radius 2 is 2.23 bits per heavy atom. The van der Waals surface area contributed by atoms with Gasteiger partial charge in [0.05, 0.1) is 6.20 Å². The molecule has 13 heavy (non-hydrogen) atoms. The van der Waals surface area contributed by atoms with Gasteiger partial charge in [-0.2, -0.15) is 0 Å². The van der Waals surface area contributed by atoms with Crippen molar-refractivity contribution in [1.29, 1.82) is 0 Å². The number of H-pyrrole nitrogens is 1. The molecule has 2 aromatic heterocycles. The Morgan fingerprint density at radius 3 is 2.85 bits per heavy atom. The smallest absolute Gasteiger partial charge is 0.180 e. The number of rotatable bonds is 1. The molecular weight excluding hydrogens is 168 g/mol. The molecule has 2 N–H and O–H groups in total. The minimum Gasteiger partial charge on any atom is -0.383 e. The fourth-order valence-electron chi connectivity index (χ4n) is 1.05. The maximum Gasteiger partial charge on any atom is 0.180 e. The molecule has 2 aromatic rings. The maximum atomic E-state index is 9.65. The van der Waals surface area contributed by atoms with Gasteiger partial charge in [0.15, 0.2) is 5.65 Å². The number of aliphatic hydroxyl groups is 1. The summed E-state index contributed by atoms with van der Waals surface area (Å²) in [5, 5.41) is 9.65. The summed E-state index contributed by atoms with van der Waals surface area (Å²) < 4.78 is 0. The molecule has 0 aliphatic heterocycles. The Labute approximate surface area is 74.9 Å². The van der Waals surface area contributed by atoms with E-state index in [2.05, 4.69) is 19.9 Å². The van der Waals surface area contributed by atoms with E-state index in [1.165, 1.54) is 6.33 Å². The van der Waals surface area contributed by atoms with Crippen LogP contribution in [0.25, 0.3) is 11.2 Å². The van der Waals surface area contributed by atoms with E-state index in [4.69, 9.17) is 0 Å². The van der Waals surface area contributed by atoms with Crippen LogP contribution in [-0.2, 0) is 5.60 Å². The fraction of sp³-hybridized carbons (Fsp3) is 0.375. The van der Waals surface area contributed by atoms with E-state index in [0.717, 1.165) is 5.52 Å². The molecule has 5 heteroatoms. The molecule has 0 atom stereocenters. The van der Waals surface area contributed by atoms with Crippen LogP contribution in [-0.4, -0.2) is 25.0 Å². The van der Waals surface area contributed by atoms with Crippen LogP contribution in [0.5, 0.6) is 0 Å². The summed E-state index contributed by atoms with van der Waals surface area (Å²) in [4.78, 5) is 14.9. The average Bonchev–Trinajstić information content (AvgIpc) is 2.45. The van der Waals surface area contributed by atoms with Crippen LogP contribution >= 0.6 is 0 Å². The van der Waals surface area contributed by atoms with Crippen LogP contribution in [0, 0.1) is 0 Å². The summed E-state index contributed by atoms with van der Waals surface area (Å²) >= 11 is 0. The highest BCUT2D eigenvalue weighted by molar-refractivity contribution is 5.68. The van der Waals surface area contributed by atoms with Crippen molar-refractivity contribution < 1.29 is 5.11 Å². The summed E-state index contributed by atoms with van der Waals surface area (Å²) in [6.07, 6.45) is 3.06. The molecular formula is C8H10N4O. The lowest BCUT2D eigenvalue weighted by Crippen LogP contribution is -2.17. The number of hydrogen-bond donors (Lipinski definition) is 2. The highest BCUT2D eigenvalue weighted by Gasteiger charge is 2.20. The lowest BCUT2D eigenvalue weighted by Gasteiger charge is -2.12. The van der Waals surface area contributed by atoms with Gasteiger partial charge in [-0.1, -0.05) is 0 Å². The predicted octanol–water partition coefficient (Wildman–Crippen LogP) is 0.580. The van der Waals surface area contributed by atoms with Gasteiger partial charge in [0.2, 0.25) is 0 Å². The number of nitrogens with one attached hydrogen (secondary N) is 1. The lowest BCUT2D eigenvalue weighted by atomic mass is 10.1. The molecule has 0 aromatic carbocycles. The van der Waals surface area contributed by atoms with E-state index in [0.29, 0.717) is 11.5 Å². The molecule has 5 nitrogen and oxygen atoms in total. The molecule has 2 rings (SSSR count). The first-order chi connectivity index (χ1) is 6.07. The zero-order valence-electron chi connectivity index (χ0n) is 7.44. The second kappa shape index (κ2) is 2.50. The summed E-state index contributed by atoms with van der Waals surface area (Å²) in [6, 6.07) is 0. The molecule has 0 saturated heterocycles. The van der Waals surface area contributed by atoms with Crippen LogP contribution in [0.15, 0.2) is 12.5 Å². The Bertz CT molecular complexity index is 396. The number of aromatic nitrogens is 4. The molecule has 0 aliphatic rings. The van der Waals surface area contributed by atoms with Gasteiger partial charge in [0.1, 0.15) is 23.3 Å². The van der Waals surface area contributed by atoms with Crippen molar-refractivity contribution in [3.63, 3.8) is 0 Å². The first-order valence-electron chi connectivity index (χ1n) is 3.96. The summed E-state index contributed by atoms with van der Waals surface area (Å²) in [5.74, 6) is 0.503. The highest BCUT2D eigenvalue weighted by Crippen LogP contribution is 2.18. The molecule has 0 fully saturated rings. The quantitative estimate of drug-likeness (QED) is 0.669. The van der Waals surface area contributed by atoms with Crippen molar-refractivity contribution in [1.82, 2.24) is 19.9 Å². The molecule has 0 bridgehead atoms. The van der Waals surface area contributed by atoms with E-state index >= 15 is 0 Å². The van der Waals surface area contributed by atoms with Gasteiger partial charge in [0, 0.05) is 0 Å². The molecule has 2 heterocycles. The van der Waals surface area contributed by atoms with E-state index in [1.807, 2.05) is 0 Å². The largest absolute Gasteiger partial charge is 0.383 e. The Morgan fingerprint density at radius 1 is 1.46 bits per heavy atom. The molecule has 0 amide bonds. The van der Waals surface area contributed by atoms with E-state index in [-0.39, 0.29) is 0 Å². The van der Waals surface area contributed by atoms with Gasteiger partial charge in [0.25, 0.3) is 0 Å². The third kappa shape index (κ3) is 1.38. The monoisotopic (exact) mass is 178 g/mol. The zero-order chi connectivity index (χ0) is 9.47. The third-order valence-corrected chi connectivity index (χ3v) is 1.74. The Balaban J connectivity index is 2.63. The normalized spacial score (nSPS) is 12.2. The van der Waals surface area contributed by atoms with Gasteiger partial charge < -0.3 is 10.1 Å². The van der Waals surface area contributed by atoms with Crippen LogP contribution in [0.2, 0.25) is 0 Å². The molecule has 0 unspecified atom stereocenters. The number of imidazole rings is 1. The van der Waals surface area contributed by atoms with E-state index in [1.54, 1.807) is 20.0 Å². The highest BCUT2D eigenvalue weighted by atomic mass is 16.3. The maximum absolute atomic E-state index is 9.65. The van der Waals surface area contributed by atoms with E-state index in [9.17, 15) is 5.11 Å². The zero-order valence-corrected chi connectivity index (χ0v) is 7.44. The van der Waals surface area contributed by atoms with Crippen molar-refractivity contribution in [2.45, 2.75) is 19.4 Å². The van der Waals surface area contributed by atoms with Crippen molar-refractivity contribution in [3.05, 3.63) is 18.3 Å². The number of hydrogen-bond acceptors (Lipinski definition) is 4. The van der Waals surface area contributed by atoms with Crippen molar-refractivity contribution >= 4 is 11.2 Å². The lowest BCUT2D eigenvalue weighted by molar-refractivity contribution is 0.0700. The summed E-state index contributed by atoms with van der Waals surface area (Å²) in [5.41, 5.74) is 0.340. The molecule has 68 valence electrons. The Kier molecular flexibility index (Phi) is 1.56. The van der Waals surface area contributed by atoms with E-state index < -0.39 is 5.60 Å². The van der Waals surface area contributed by atoms with Crippen LogP contribution < -0.4 is 0 Å². The molecule has 0 spiro atoms. The first kappa shape index (κ1) is 8.12. The second-order valence-corrected chi connectivity index (χ2v) is 3.40. The number of fused-ring (bicyclic) bond motifs is 1. The van der Waals surface area contributed by atoms with Crippen molar-refractivity contribution in [3.8, 4) is 0 Å². The fourth-order valence-corrected chi connectivity index (χ4v) is 1.05. The van der Waals surface area contributed by atoms with Crippen LogP contribution in [0.1, 0.15) is 19.7 Å². The molecule has 0 radical (unpaired) electrons. The topological polar surface area (TPSA) is 74.7 Å². The Hall–Kier alpha value is -1.49. The van der Waals surface area contributed by atoms with Gasteiger partial charge in [-0.05, 0) is 13.8 Å². The molecule has 0 aliphatic carbocycles. The van der Waals surface area contributed by atoms with Gasteiger partial charge in [-0.25, -0.2) is 15.0 Å². The summed E-state index contributed by atoms with van der Waals surface area (Å²) in [7, 11) is 0. The third-order valence-electron chi connectivity index (χ3n) is 1.74. The van der Waals surface area contributed by atoms with Gasteiger partial charge in [-0.3, -0.25) is 0 Å². The average molecular weight is 178 g/mol. The van der Waals surface area contributed by atoms with Gasteiger partial charge in [-0.15, -0.1) is 0 Å². The predicted molar refractivity (Wildman–Crippen MR) is 46.9 cm³/mol. The number of nitrogens with zero attached hydrogens (tertiary/aromatic N) is 3. The van der Waals surface area contributed by atoms with Crippen molar-refractivity contribution in [2.24, 2.45) is 0 Å².